The molecule has 0 saturated heterocycles. The van der Waals surface area contributed by atoms with Crippen molar-refractivity contribution in [1.29, 1.82) is 0 Å². The number of hydrogen-bond acceptors (Lipinski definition) is 5. The van der Waals surface area contributed by atoms with Crippen molar-refractivity contribution in [3.05, 3.63) is 65.7 Å². The second kappa shape index (κ2) is 13.6. The van der Waals surface area contributed by atoms with E-state index >= 15 is 0 Å². The minimum Gasteiger partial charge on any atom is -0.508 e. The highest BCUT2D eigenvalue weighted by Crippen LogP contribution is 2.10. The minimum atomic E-state index is -0.514. The molecule has 0 radical (unpaired) electrons. The molecule has 0 amide bonds. The number of hydrogen-bond donors (Lipinski definition) is 3. The Labute approximate surface area is 169 Å². The lowest BCUT2D eigenvalue weighted by Gasteiger charge is -2.14. The van der Waals surface area contributed by atoms with Crippen molar-refractivity contribution in [1.82, 2.24) is 5.43 Å². The molecule has 144 valence electrons. The summed E-state index contributed by atoms with van der Waals surface area (Å²) >= 11 is 10.3. The van der Waals surface area contributed by atoms with Crippen LogP contribution in [0, 0.1) is 0 Å². The van der Waals surface area contributed by atoms with Crippen molar-refractivity contribution in [2.75, 3.05) is 0 Å². The normalized spacial score (nSPS) is 9.46. The van der Waals surface area contributed by atoms with Gasteiger partial charge in [-0.15, -0.1) is 12.4 Å². The van der Waals surface area contributed by atoms with E-state index in [1.807, 2.05) is 26.8 Å². The fourth-order valence-corrected chi connectivity index (χ4v) is 1.41. The summed E-state index contributed by atoms with van der Waals surface area (Å²) in [7, 11) is 0. The molecule has 0 aromatic heterocycles. The highest BCUT2D eigenvalue weighted by atomic mass is 35.5. The molecule has 4 N–H and O–H groups in total. The monoisotopic (exact) mass is 420 g/mol. The molecule has 0 bridgehead atoms. The quantitative estimate of drug-likeness (QED) is 0.377. The van der Waals surface area contributed by atoms with E-state index in [-0.39, 0.29) is 23.7 Å². The Morgan fingerprint density at radius 1 is 0.885 bits per heavy atom. The average Bonchev–Trinajstić information content (AvgIpc) is 2.56. The van der Waals surface area contributed by atoms with Crippen LogP contribution in [0.15, 0.2) is 54.6 Å². The second-order valence-electron chi connectivity index (χ2n) is 5.85. The van der Waals surface area contributed by atoms with Crippen LogP contribution in [0.3, 0.4) is 0 Å². The molecule has 0 atom stereocenters. The van der Waals surface area contributed by atoms with Crippen LogP contribution in [0.4, 0.5) is 0 Å². The number of rotatable bonds is 2. The van der Waals surface area contributed by atoms with E-state index in [0.29, 0.717) is 11.1 Å². The van der Waals surface area contributed by atoms with E-state index in [2.05, 4.69) is 5.43 Å². The van der Waals surface area contributed by atoms with Gasteiger partial charge >= 0.3 is 0 Å². The van der Waals surface area contributed by atoms with Crippen molar-refractivity contribution in [2.24, 2.45) is 5.84 Å². The van der Waals surface area contributed by atoms with Gasteiger partial charge in [-0.25, -0.2) is 0 Å². The molecule has 8 heteroatoms. The summed E-state index contributed by atoms with van der Waals surface area (Å²) in [6.07, 6.45) is 0. The Kier molecular flexibility index (Phi) is 13.9. The maximum absolute atomic E-state index is 10.4. The number of nitrogens with two attached hydrogens (primary N) is 1. The fourth-order valence-electron chi connectivity index (χ4n) is 1.16. The summed E-state index contributed by atoms with van der Waals surface area (Å²) in [6.45, 7) is 6.02. The fraction of sp³-hybridized carbons (Fsp3) is 0.222. The number of carbonyl (C=O) groups is 2. The van der Waals surface area contributed by atoms with Crippen molar-refractivity contribution in [3.63, 3.8) is 0 Å². The first-order chi connectivity index (χ1) is 11.6. The van der Waals surface area contributed by atoms with E-state index in [4.69, 9.17) is 34.2 Å². The molecule has 2 rings (SSSR count). The topological polar surface area (TPSA) is 92.4 Å². The first kappa shape index (κ1) is 26.6. The highest BCUT2D eigenvalue weighted by molar-refractivity contribution is 6.68. The van der Waals surface area contributed by atoms with E-state index in [0.717, 1.165) is 0 Å². The summed E-state index contributed by atoms with van der Waals surface area (Å²) in [5.41, 5.74) is 3.60. The number of phenolic OH excluding ortho intramolecular Hbond substituents is 1. The number of phenols is 1. The molecule has 0 aliphatic carbocycles. The van der Waals surface area contributed by atoms with Gasteiger partial charge in [-0.05, 0) is 68.2 Å². The molecular weight excluding hydrogens is 399 g/mol. The van der Waals surface area contributed by atoms with E-state index < -0.39 is 10.5 Å². The number of carbonyl (C=O) groups excluding carboxylic acids is 2. The molecular formula is C18H23Cl3N2O3. The lowest BCUT2D eigenvalue weighted by molar-refractivity contribution is 0.107. The van der Waals surface area contributed by atoms with Gasteiger partial charge < -0.3 is 5.11 Å². The molecule has 0 aliphatic heterocycles. The van der Waals surface area contributed by atoms with Crippen molar-refractivity contribution in [3.8, 4) is 5.75 Å². The number of nitrogens with one attached hydrogen (secondary N) is 1. The van der Waals surface area contributed by atoms with Crippen LogP contribution >= 0.6 is 35.6 Å². The first-order valence-electron chi connectivity index (χ1n) is 7.28. The Balaban J connectivity index is 0. The van der Waals surface area contributed by atoms with E-state index in [1.165, 1.54) is 24.3 Å². The average molecular weight is 422 g/mol. The van der Waals surface area contributed by atoms with Crippen LogP contribution in [0.5, 0.6) is 5.75 Å². The summed E-state index contributed by atoms with van der Waals surface area (Å²) in [6, 6.07) is 14.5. The Morgan fingerprint density at radius 2 is 1.23 bits per heavy atom. The van der Waals surface area contributed by atoms with Gasteiger partial charge in [0.05, 0.1) is 0 Å². The first-order valence-corrected chi connectivity index (χ1v) is 8.04. The smallest absolute Gasteiger partial charge is 0.252 e. The number of benzene rings is 2. The molecule has 2 aromatic carbocycles. The summed E-state index contributed by atoms with van der Waals surface area (Å²) in [4.78, 5) is 20.9. The van der Waals surface area contributed by atoms with Gasteiger partial charge in [0, 0.05) is 16.7 Å². The molecule has 5 nitrogen and oxygen atoms in total. The van der Waals surface area contributed by atoms with Gasteiger partial charge in [-0.1, -0.05) is 30.3 Å². The van der Waals surface area contributed by atoms with Crippen LogP contribution in [0.25, 0.3) is 0 Å². The largest absolute Gasteiger partial charge is 0.508 e. The Hall–Kier alpha value is -1.63. The maximum Gasteiger partial charge on any atom is 0.252 e. The number of hydrazine groups is 1. The molecule has 0 unspecified atom stereocenters. The van der Waals surface area contributed by atoms with Gasteiger partial charge in [0.2, 0.25) is 0 Å². The Morgan fingerprint density at radius 3 is 1.50 bits per heavy atom. The van der Waals surface area contributed by atoms with Gasteiger partial charge in [-0.2, -0.15) is 0 Å². The van der Waals surface area contributed by atoms with Crippen molar-refractivity contribution < 1.29 is 14.7 Å². The molecule has 0 aliphatic rings. The Bertz CT molecular complexity index is 658. The van der Waals surface area contributed by atoms with Crippen molar-refractivity contribution >= 4 is 46.1 Å². The maximum atomic E-state index is 10.4. The molecule has 0 saturated carbocycles. The lowest BCUT2D eigenvalue weighted by Crippen LogP contribution is -2.41. The molecule has 0 heterocycles. The number of halogens is 3. The lowest BCUT2D eigenvalue weighted by atomic mass is 10.1. The third-order valence-electron chi connectivity index (χ3n) is 2.53. The molecule has 0 spiro atoms. The molecule has 0 fully saturated rings. The predicted octanol–water partition coefficient (Wildman–Crippen LogP) is 4.51. The van der Waals surface area contributed by atoms with Gasteiger partial charge in [0.15, 0.2) is 0 Å². The zero-order valence-electron chi connectivity index (χ0n) is 14.7. The summed E-state index contributed by atoms with van der Waals surface area (Å²) in [5, 5.41) is 7.86. The predicted molar refractivity (Wildman–Crippen MR) is 109 cm³/mol. The van der Waals surface area contributed by atoms with Crippen LogP contribution < -0.4 is 11.3 Å². The van der Waals surface area contributed by atoms with E-state index in [9.17, 15) is 9.59 Å². The van der Waals surface area contributed by atoms with Gasteiger partial charge in [0.1, 0.15) is 5.75 Å². The standard InChI is InChI=1S/C7H5ClO2.C7H5ClO.C4H12N2.ClH/c8-7(10)5-1-3-6(9)4-2-5;8-7(9)6-4-2-1-3-5-6;1-4(2,3)6-5;/h1-4,9H;1-5H;6H,5H2,1-3H3;1H. The molecule has 26 heavy (non-hydrogen) atoms. The summed E-state index contributed by atoms with van der Waals surface area (Å²) in [5.74, 6) is 5.18. The SMILES string of the molecule is CC(C)(C)NN.Cl.O=C(Cl)c1ccc(O)cc1.O=C(Cl)c1ccccc1. The highest BCUT2D eigenvalue weighted by Gasteiger charge is 2.02. The third-order valence-corrected chi connectivity index (χ3v) is 2.96. The zero-order valence-corrected chi connectivity index (χ0v) is 17.0. The summed E-state index contributed by atoms with van der Waals surface area (Å²) < 4.78 is 0. The number of aromatic hydroxyl groups is 1. The van der Waals surface area contributed by atoms with Gasteiger partial charge in [-0.3, -0.25) is 20.9 Å². The van der Waals surface area contributed by atoms with Gasteiger partial charge in [0.25, 0.3) is 10.5 Å². The van der Waals surface area contributed by atoms with E-state index in [1.54, 1.807) is 24.3 Å². The van der Waals surface area contributed by atoms with Crippen LogP contribution in [0.1, 0.15) is 41.5 Å². The zero-order chi connectivity index (χ0) is 19.5. The van der Waals surface area contributed by atoms with Crippen LogP contribution in [-0.4, -0.2) is 21.1 Å². The second-order valence-corrected chi connectivity index (χ2v) is 6.54. The third kappa shape index (κ3) is 13.6. The van der Waals surface area contributed by atoms with Crippen LogP contribution in [0.2, 0.25) is 0 Å². The molecule has 2 aromatic rings. The minimum absolute atomic E-state index is 0. The van der Waals surface area contributed by atoms with Crippen LogP contribution in [-0.2, 0) is 0 Å². The van der Waals surface area contributed by atoms with Crippen molar-refractivity contribution in [2.45, 2.75) is 26.3 Å².